The van der Waals surface area contributed by atoms with Gasteiger partial charge in [-0.25, -0.2) is 12.7 Å². The Bertz CT molecular complexity index is 1210. The number of carbonyl (C=O) groups excluding carboxylic acids is 1. The van der Waals surface area contributed by atoms with Gasteiger partial charge >= 0.3 is 0 Å². The van der Waals surface area contributed by atoms with Crippen LogP contribution in [0.25, 0.3) is 10.9 Å². The van der Waals surface area contributed by atoms with E-state index in [0.29, 0.717) is 5.69 Å². The second-order valence-electron chi connectivity index (χ2n) is 6.94. The number of anilines is 1. The molecule has 0 aliphatic heterocycles. The summed E-state index contributed by atoms with van der Waals surface area (Å²) in [4.78, 5) is 24.9. The first kappa shape index (κ1) is 20.8. The van der Waals surface area contributed by atoms with E-state index in [9.17, 15) is 18.0 Å². The largest absolute Gasteiger partial charge is 0.326 e. The highest BCUT2D eigenvalue weighted by Gasteiger charge is 2.16. The molecule has 152 valence electrons. The highest BCUT2D eigenvalue weighted by molar-refractivity contribution is 7.89. The molecule has 3 aromatic rings. The van der Waals surface area contributed by atoms with Crippen LogP contribution < -0.4 is 10.9 Å². The maximum absolute atomic E-state index is 12.4. The number of rotatable bonds is 6. The molecule has 1 heterocycles. The van der Waals surface area contributed by atoms with Gasteiger partial charge in [0.05, 0.1) is 10.4 Å². The van der Waals surface area contributed by atoms with Crippen LogP contribution in [0.2, 0.25) is 0 Å². The minimum Gasteiger partial charge on any atom is -0.326 e. The van der Waals surface area contributed by atoms with Crippen molar-refractivity contribution in [2.45, 2.75) is 24.8 Å². The number of para-hydroxylation sites is 1. The molecule has 1 aromatic heterocycles. The third kappa shape index (κ3) is 4.38. The molecule has 0 atom stereocenters. The first-order valence-corrected chi connectivity index (χ1v) is 10.6. The van der Waals surface area contributed by atoms with Gasteiger partial charge in [-0.3, -0.25) is 9.59 Å². The summed E-state index contributed by atoms with van der Waals surface area (Å²) in [7, 11) is -0.595. The fourth-order valence-electron chi connectivity index (χ4n) is 3.09. The van der Waals surface area contributed by atoms with Crippen molar-refractivity contribution in [3.63, 3.8) is 0 Å². The van der Waals surface area contributed by atoms with Crippen molar-refractivity contribution in [1.29, 1.82) is 0 Å². The van der Waals surface area contributed by atoms with E-state index in [2.05, 4.69) is 5.32 Å². The van der Waals surface area contributed by atoms with Crippen LogP contribution >= 0.6 is 0 Å². The Kier molecular flexibility index (Phi) is 5.86. The summed E-state index contributed by atoms with van der Waals surface area (Å²) >= 11 is 0. The van der Waals surface area contributed by atoms with Gasteiger partial charge in [-0.1, -0.05) is 18.2 Å². The van der Waals surface area contributed by atoms with Crippen molar-refractivity contribution in [2.24, 2.45) is 0 Å². The van der Waals surface area contributed by atoms with Gasteiger partial charge in [-0.2, -0.15) is 0 Å². The molecule has 1 amide bonds. The number of nitrogens with zero attached hydrogens (tertiary/aromatic N) is 2. The number of benzene rings is 2. The number of sulfonamides is 1. The highest BCUT2D eigenvalue weighted by Crippen LogP contribution is 2.18. The number of pyridine rings is 1. The van der Waals surface area contributed by atoms with Crippen molar-refractivity contribution in [3.8, 4) is 0 Å². The molecule has 0 spiro atoms. The van der Waals surface area contributed by atoms with E-state index in [0.717, 1.165) is 20.8 Å². The third-order valence-electron chi connectivity index (χ3n) is 4.70. The van der Waals surface area contributed by atoms with Crippen LogP contribution in [0.1, 0.15) is 12.0 Å². The van der Waals surface area contributed by atoms with Crippen molar-refractivity contribution < 1.29 is 13.2 Å². The number of amides is 1. The average Bonchev–Trinajstić information content (AvgIpc) is 2.68. The summed E-state index contributed by atoms with van der Waals surface area (Å²) in [6, 6.07) is 15.1. The molecule has 0 saturated carbocycles. The second kappa shape index (κ2) is 8.18. The zero-order valence-corrected chi connectivity index (χ0v) is 17.4. The lowest BCUT2D eigenvalue weighted by Crippen LogP contribution is -2.23. The predicted molar refractivity (Wildman–Crippen MR) is 114 cm³/mol. The fourth-order valence-corrected chi connectivity index (χ4v) is 3.99. The van der Waals surface area contributed by atoms with Gasteiger partial charge in [0.1, 0.15) is 0 Å². The van der Waals surface area contributed by atoms with Gasteiger partial charge in [0.25, 0.3) is 5.56 Å². The fraction of sp³-hybridized carbons (Fsp3) is 0.238. The molecule has 0 aliphatic rings. The number of hydrogen-bond donors (Lipinski definition) is 1. The molecule has 7 nitrogen and oxygen atoms in total. The summed E-state index contributed by atoms with van der Waals surface area (Å²) in [6.07, 6.45) is 0.116. The van der Waals surface area contributed by atoms with Gasteiger partial charge in [-0.05, 0) is 42.8 Å². The lowest BCUT2D eigenvalue weighted by molar-refractivity contribution is -0.116. The van der Waals surface area contributed by atoms with Crippen LogP contribution in [0.4, 0.5) is 5.69 Å². The Morgan fingerprint density at radius 2 is 1.72 bits per heavy atom. The number of aryl methyl sites for hydroxylation is 2. The van der Waals surface area contributed by atoms with E-state index >= 15 is 0 Å². The average molecular weight is 413 g/mol. The Morgan fingerprint density at radius 3 is 2.38 bits per heavy atom. The van der Waals surface area contributed by atoms with E-state index < -0.39 is 10.0 Å². The zero-order chi connectivity index (χ0) is 21.2. The molecule has 0 aliphatic carbocycles. The van der Waals surface area contributed by atoms with Crippen LogP contribution in [0, 0.1) is 6.92 Å². The summed E-state index contributed by atoms with van der Waals surface area (Å²) in [5.41, 5.74) is 2.05. The first-order chi connectivity index (χ1) is 13.7. The van der Waals surface area contributed by atoms with Gasteiger partial charge in [0.2, 0.25) is 15.9 Å². The van der Waals surface area contributed by atoms with E-state index in [-0.39, 0.29) is 29.3 Å². The smallest absolute Gasteiger partial charge is 0.251 e. The van der Waals surface area contributed by atoms with Crippen LogP contribution in [0.5, 0.6) is 0 Å². The Labute approximate surface area is 169 Å². The predicted octanol–water partition coefficient (Wildman–Crippen LogP) is 2.59. The van der Waals surface area contributed by atoms with Crippen LogP contribution in [0.15, 0.2) is 64.3 Å². The summed E-state index contributed by atoms with van der Waals surface area (Å²) in [5.74, 6) is -0.259. The number of carbonyl (C=O) groups is 1. The van der Waals surface area contributed by atoms with Crippen LogP contribution in [-0.2, 0) is 21.4 Å². The van der Waals surface area contributed by atoms with Crippen molar-refractivity contribution in [2.75, 3.05) is 19.4 Å². The maximum atomic E-state index is 12.4. The SMILES string of the molecule is Cc1cc(=O)n(CCC(=O)Nc2ccc(S(=O)(=O)N(C)C)cc2)c2ccccc12. The van der Waals surface area contributed by atoms with E-state index in [1.807, 2.05) is 31.2 Å². The molecule has 0 fully saturated rings. The topological polar surface area (TPSA) is 88.5 Å². The summed E-state index contributed by atoms with van der Waals surface area (Å²) in [6.45, 7) is 2.14. The molecule has 8 heteroatoms. The Hall–Kier alpha value is -2.97. The first-order valence-electron chi connectivity index (χ1n) is 9.12. The zero-order valence-electron chi connectivity index (χ0n) is 16.5. The van der Waals surface area contributed by atoms with Gasteiger partial charge in [0.15, 0.2) is 0 Å². The van der Waals surface area contributed by atoms with E-state index in [4.69, 9.17) is 0 Å². The normalized spacial score (nSPS) is 11.7. The monoisotopic (exact) mass is 413 g/mol. The molecule has 29 heavy (non-hydrogen) atoms. The highest BCUT2D eigenvalue weighted by atomic mass is 32.2. The summed E-state index contributed by atoms with van der Waals surface area (Å²) in [5, 5.41) is 3.71. The summed E-state index contributed by atoms with van der Waals surface area (Å²) < 4.78 is 26.9. The molecule has 0 bridgehead atoms. The third-order valence-corrected chi connectivity index (χ3v) is 6.53. The lowest BCUT2D eigenvalue weighted by Gasteiger charge is -2.13. The molecule has 2 aromatic carbocycles. The van der Waals surface area contributed by atoms with Crippen molar-refractivity contribution >= 4 is 32.5 Å². The van der Waals surface area contributed by atoms with Gasteiger partial charge in [0, 0.05) is 44.2 Å². The van der Waals surface area contributed by atoms with Gasteiger partial charge < -0.3 is 9.88 Å². The molecular formula is C21H23N3O4S. The van der Waals surface area contributed by atoms with Crippen molar-refractivity contribution in [1.82, 2.24) is 8.87 Å². The number of hydrogen-bond acceptors (Lipinski definition) is 4. The second-order valence-corrected chi connectivity index (χ2v) is 9.10. The lowest BCUT2D eigenvalue weighted by atomic mass is 10.1. The van der Waals surface area contributed by atoms with Gasteiger partial charge in [-0.15, -0.1) is 0 Å². The van der Waals surface area contributed by atoms with E-state index in [1.165, 1.54) is 26.2 Å². The van der Waals surface area contributed by atoms with Crippen LogP contribution in [0.3, 0.4) is 0 Å². The maximum Gasteiger partial charge on any atom is 0.251 e. The standard InChI is InChI=1S/C21H23N3O4S/c1-15-14-21(26)24(19-7-5-4-6-18(15)19)13-12-20(25)22-16-8-10-17(11-9-16)29(27,28)23(2)3/h4-11,14H,12-13H2,1-3H3,(H,22,25). The molecule has 0 radical (unpaired) electrons. The number of nitrogens with one attached hydrogen (secondary N) is 1. The minimum absolute atomic E-state index is 0.116. The quantitative estimate of drug-likeness (QED) is 0.673. The van der Waals surface area contributed by atoms with Crippen LogP contribution in [-0.4, -0.2) is 37.3 Å². The molecule has 0 saturated heterocycles. The van der Waals surface area contributed by atoms with E-state index in [1.54, 1.807) is 22.8 Å². The molecule has 0 unspecified atom stereocenters. The minimum atomic E-state index is -3.51. The molecule has 3 rings (SSSR count). The molecule has 1 N–H and O–H groups in total. The Balaban J connectivity index is 1.71. The number of aromatic nitrogens is 1. The Morgan fingerprint density at radius 1 is 1.07 bits per heavy atom. The molecular weight excluding hydrogens is 390 g/mol. The van der Waals surface area contributed by atoms with Crippen molar-refractivity contribution in [3.05, 3.63) is 70.5 Å². The number of fused-ring (bicyclic) bond motifs is 1.